The molecule has 0 aliphatic carbocycles. The van der Waals surface area contributed by atoms with E-state index in [-0.39, 0.29) is 6.61 Å². The van der Waals surface area contributed by atoms with Crippen LogP contribution in [-0.4, -0.2) is 5.11 Å². The van der Waals surface area contributed by atoms with Crippen molar-refractivity contribution in [3.63, 3.8) is 0 Å². The Balaban J connectivity index is 3.01. The third-order valence-corrected chi connectivity index (χ3v) is 2.12. The second kappa shape index (κ2) is 2.56. The zero-order chi connectivity index (χ0) is 6.85. The summed E-state index contributed by atoms with van der Waals surface area (Å²) in [5.74, 6) is 0. The molecule has 9 heavy (non-hydrogen) atoms. The van der Waals surface area contributed by atoms with Crippen molar-refractivity contribution in [2.45, 2.75) is 6.61 Å². The highest BCUT2D eigenvalue weighted by Crippen LogP contribution is 2.28. The molecule has 2 nitrogen and oxygen atoms in total. The number of aliphatic hydroxyl groups excluding tert-OH is 1. The van der Waals surface area contributed by atoms with Crippen LogP contribution in [0.25, 0.3) is 0 Å². The molecular weight excluding hydrogens is 158 g/mol. The fraction of sp³-hybridized carbons (Fsp3) is 0.200. The van der Waals surface area contributed by atoms with E-state index in [4.69, 9.17) is 22.4 Å². The number of rotatable bonds is 1. The quantitative estimate of drug-likeness (QED) is 0.659. The van der Waals surface area contributed by atoms with E-state index >= 15 is 0 Å². The minimum atomic E-state index is -0.0327. The lowest BCUT2D eigenvalue weighted by Crippen LogP contribution is -1.85. The molecule has 0 unspecified atom stereocenters. The lowest BCUT2D eigenvalue weighted by molar-refractivity contribution is 0.283. The number of halogens is 1. The second-order valence-corrected chi connectivity index (χ2v) is 3.31. The topological polar surface area (TPSA) is 46.2 Å². The van der Waals surface area contributed by atoms with Crippen molar-refractivity contribution in [1.82, 2.24) is 0 Å². The lowest BCUT2D eigenvalue weighted by atomic mass is 10.3. The molecule has 1 aromatic rings. The number of thiophene rings is 1. The molecule has 0 radical (unpaired) electrons. The lowest BCUT2D eigenvalue weighted by Gasteiger charge is -1.87. The van der Waals surface area contributed by atoms with Crippen molar-refractivity contribution in [3.05, 3.63) is 16.0 Å². The molecular formula is C5H6ClNOS. The maximum atomic E-state index is 8.60. The molecule has 1 heterocycles. The van der Waals surface area contributed by atoms with Gasteiger partial charge in [-0.25, -0.2) is 0 Å². The third-order valence-electron chi connectivity index (χ3n) is 0.982. The number of nitrogens with two attached hydrogens (primary N) is 1. The van der Waals surface area contributed by atoms with Gasteiger partial charge in [0.25, 0.3) is 0 Å². The summed E-state index contributed by atoms with van der Waals surface area (Å²) in [4.78, 5) is 0. The Labute approximate surface area is 61.9 Å². The van der Waals surface area contributed by atoms with Crippen LogP contribution in [0.3, 0.4) is 0 Å². The number of aliphatic hydroxyl groups is 1. The van der Waals surface area contributed by atoms with Gasteiger partial charge in [0.15, 0.2) is 0 Å². The van der Waals surface area contributed by atoms with Crippen molar-refractivity contribution in [2.75, 3.05) is 5.73 Å². The molecule has 50 valence electrons. The maximum Gasteiger partial charge on any atom is 0.0953 e. The molecule has 3 N–H and O–H groups in total. The zero-order valence-corrected chi connectivity index (χ0v) is 6.17. The molecule has 1 aromatic heterocycles. The first-order chi connectivity index (χ1) is 4.24. The first kappa shape index (κ1) is 6.86. The molecule has 0 atom stereocenters. The van der Waals surface area contributed by atoms with Gasteiger partial charge in [0, 0.05) is 5.56 Å². The summed E-state index contributed by atoms with van der Waals surface area (Å²) in [5, 5.41) is 9.20. The van der Waals surface area contributed by atoms with Gasteiger partial charge in [-0.2, -0.15) is 0 Å². The van der Waals surface area contributed by atoms with Gasteiger partial charge in [-0.05, 0) is 6.07 Å². The van der Waals surface area contributed by atoms with Crippen molar-refractivity contribution < 1.29 is 5.11 Å². The molecule has 0 saturated carbocycles. The summed E-state index contributed by atoms with van der Waals surface area (Å²) in [5.41, 5.74) is 6.14. The van der Waals surface area contributed by atoms with Crippen molar-refractivity contribution in [1.29, 1.82) is 0 Å². The van der Waals surface area contributed by atoms with Crippen molar-refractivity contribution in [2.24, 2.45) is 0 Å². The van der Waals surface area contributed by atoms with E-state index in [0.29, 0.717) is 14.9 Å². The van der Waals surface area contributed by atoms with Crippen LogP contribution >= 0.6 is 22.9 Å². The molecule has 0 aliphatic rings. The van der Waals surface area contributed by atoms with Crippen LogP contribution in [0.15, 0.2) is 6.07 Å². The predicted molar refractivity (Wildman–Crippen MR) is 39.7 cm³/mol. The number of hydrogen-bond donors (Lipinski definition) is 2. The van der Waals surface area contributed by atoms with Gasteiger partial charge in [0.2, 0.25) is 0 Å². The number of nitrogen functional groups attached to an aromatic ring is 1. The minimum absolute atomic E-state index is 0.0327. The van der Waals surface area contributed by atoms with E-state index in [2.05, 4.69) is 0 Å². The summed E-state index contributed by atoms with van der Waals surface area (Å²) in [6, 6.07) is 1.67. The van der Waals surface area contributed by atoms with Crippen molar-refractivity contribution >= 4 is 27.9 Å². The molecule has 0 aromatic carbocycles. The van der Waals surface area contributed by atoms with Crippen LogP contribution < -0.4 is 5.73 Å². The third kappa shape index (κ3) is 1.36. The predicted octanol–water partition coefficient (Wildman–Crippen LogP) is 1.48. The summed E-state index contributed by atoms with van der Waals surface area (Å²) in [6.07, 6.45) is 0. The van der Waals surface area contributed by atoms with E-state index in [1.807, 2.05) is 0 Å². The SMILES string of the molecule is Nc1sc(Cl)cc1CO. The smallest absolute Gasteiger partial charge is 0.0953 e. The molecule has 0 fully saturated rings. The summed E-state index contributed by atoms with van der Waals surface area (Å²) >= 11 is 6.85. The summed E-state index contributed by atoms with van der Waals surface area (Å²) in [6.45, 7) is -0.0327. The van der Waals surface area contributed by atoms with Gasteiger partial charge in [0.1, 0.15) is 0 Å². The van der Waals surface area contributed by atoms with Gasteiger partial charge in [-0.15, -0.1) is 11.3 Å². The van der Waals surface area contributed by atoms with Crippen LogP contribution in [0.1, 0.15) is 5.56 Å². The highest BCUT2D eigenvalue weighted by atomic mass is 35.5. The summed E-state index contributed by atoms with van der Waals surface area (Å²) < 4.78 is 0.622. The van der Waals surface area contributed by atoms with Crippen LogP contribution in [0, 0.1) is 0 Å². The zero-order valence-electron chi connectivity index (χ0n) is 4.60. The standard InChI is InChI=1S/C5H6ClNOS/c6-4-1-3(2-8)5(7)9-4/h1,8H,2,7H2. The van der Waals surface area contributed by atoms with Crippen molar-refractivity contribution in [3.8, 4) is 0 Å². The number of anilines is 1. The molecule has 0 saturated heterocycles. The fourth-order valence-corrected chi connectivity index (χ4v) is 1.58. The highest BCUT2D eigenvalue weighted by Gasteiger charge is 2.01. The Morgan fingerprint density at radius 3 is 2.67 bits per heavy atom. The van der Waals surface area contributed by atoms with Crippen LogP contribution in [0.5, 0.6) is 0 Å². The minimum Gasteiger partial charge on any atom is -0.392 e. The monoisotopic (exact) mass is 163 g/mol. The first-order valence-corrected chi connectivity index (χ1v) is 3.58. The van der Waals surface area contributed by atoms with Crippen LogP contribution in [0.4, 0.5) is 5.00 Å². The highest BCUT2D eigenvalue weighted by molar-refractivity contribution is 7.19. The molecule has 0 spiro atoms. The normalized spacial score (nSPS) is 10.0. The van der Waals surface area contributed by atoms with E-state index in [1.54, 1.807) is 6.07 Å². The van der Waals surface area contributed by atoms with Gasteiger partial charge < -0.3 is 10.8 Å². The Morgan fingerprint density at radius 1 is 1.78 bits per heavy atom. The van der Waals surface area contributed by atoms with Gasteiger partial charge in [-0.3, -0.25) is 0 Å². The number of hydrogen-bond acceptors (Lipinski definition) is 3. The largest absolute Gasteiger partial charge is 0.392 e. The molecule has 4 heteroatoms. The Morgan fingerprint density at radius 2 is 2.44 bits per heavy atom. The average molecular weight is 164 g/mol. The Bertz CT molecular complexity index is 211. The van der Waals surface area contributed by atoms with Gasteiger partial charge in [0.05, 0.1) is 15.9 Å². The van der Waals surface area contributed by atoms with Gasteiger partial charge >= 0.3 is 0 Å². The Hall–Kier alpha value is -0.250. The first-order valence-electron chi connectivity index (χ1n) is 2.38. The molecule has 0 amide bonds. The van der Waals surface area contributed by atoms with Crippen LogP contribution in [0.2, 0.25) is 4.34 Å². The average Bonchev–Trinajstić information content (AvgIpc) is 2.10. The molecule has 0 bridgehead atoms. The van der Waals surface area contributed by atoms with E-state index in [9.17, 15) is 0 Å². The van der Waals surface area contributed by atoms with E-state index in [1.165, 1.54) is 11.3 Å². The summed E-state index contributed by atoms with van der Waals surface area (Å²) in [7, 11) is 0. The fourth-order valence-electron chi connectivity index (χ4n) is 0.532. The Kier molecular flexibility index (Phi) is 1.95. The van der Waals surface area contributed by atoms with Crippen LogP contribution in [-0.2, 0) is 6.61 Å². The van der Waals surface area contributed by atoms with E-state index < -0.39 is 0 Å². The molecule has 1 rings (SSSR count). The molecule has 0 aliphatic heterocycles. The maximum absolute atomic E-state index is 8.60. The van der Waals surface area contributed by atoms with E-state index in [0.717, 1.165) is 0 Å². The van der Waals surface area contributed by atoms with Gasteiger partial charge in [-0.1, -0.05) is 11.6 Å². The second-order valence-electron chi connectivity index (χ2n) is 1.60.